The van der Waals surface area contributed by atoms with Crippen LogP contribution in [0.2, 0.25) is 0 Å². The van der Waals surface area contributed by atoms with Crippen molar-refractivity contribution in [3.05, 3.63) is 157 Å². The van der Waals surface area contributed by atoms with E-state index in [1.807, 2.05) is 12.1 Å². The van der Waals surface area contributed by atoms with Gasteiger partial charge in [-0.05, 0) is 68.4 Å². The largest absolute Gasteiger partial charge is 0.228 e. The Kier molecular flexibility index (Phi) is 5.84. The summed E-state index contributed by atoms with van der Waals surface area (Å²) in [5, 5.41) is 2.56. The number of nitrogens with zero attached hydrogens (tertiary/aromatic N) is 2. The highest BCUT2D eigenvalue weighted by Gasteiger charge is 2.37. The molecule has 0 unspecified atom stereocenters. The molecule has 1 heterocycles. The van der Waals surface area contributed by atoms with Crippen LogP contribution in [-0.2, 0) is 5.41 Å². The second-order valence-electron chi connectivity index (χ2n) is 11.9. The van der Waals surface area contributed by atoms with Crippen molar-refractivity contribution in [1.29, 1.82) is 0 Å². The number of rotatable bonds is 4. The summed E-state index contributed by atoms with van der Waals surface area (Å²) in [5.74, 6) is 0.723. The molecule has 1 aliphatic carbocycles. The topological polar surface area (TPSA) is 25.8 Å². The molecule has 8 rings (SSSR count). The maximum Gasteiger partial charge on any atom is 0.160 e. The van der Waals surface area contributed by atoms with Crippen molar-refractivity contribution in [1.82, 2.24) is 9.97 Å². The normalized spacial score (nSPS) is 13.1. The predicted molar refractivity (Wildman–Crippen MR) is 179 cm³/mol. The second-order valence-corrected chi connectivity index (χ2v) is 11.9. The molecule has 0 fully saturated rings. The summed E-state index contributed by atoms with van der Waals surface area (Å²) < 4.78 is 0. The van der Waals surface area contributed by atoms with E-state index in [9.17, 15) is 0 Å². The van der Waals surface area contributed by atoms with E-state index >= 15 is 0 Å². The standard InChI is InChI=1S/C41H30N2/c1-41(2)35-22-12-21-33(39(35)34-24-29-17-9-10-18-30(29)25-36(34)41)31-19-11-20-32(23-31)40-42-37(27-13-5-3-6-14-27)26-38(43-40)28-15-7-4-8-16-28/h3-26H,1-2H3. The highest BCUT2D eigenvalue weighted by molar-refractivity contribution is 5.98. The minimum atomic E-state index is -0.0833. The molecule has 0 radical (unpaired) electrons. The molecule has 1 aromatic heterocycles. The van der Waals surface area contributed by atoms with E-state index < -0.39 is 0 Å². The first-order valence-corrected chi connectivity index (χ1v) is 14.8. The number of benzene rings is 6. The third-order valence-corrected chi connectivity index (χ3v) is 8.86. The number of hydrogen-bond donors (Lipinski definition) is 0. The Balaban J connectivity index is 1.30. The smallest absolute Gasteiger partial charge is 0.160 e. The lowest BCUT2D eigenvalue weighted by atomic mass is 9.81. The van der Waals surface area contributed by atoms with Gasteiger partial charge in [0.2, 0.25) is 0 Å². The number of fused-ring (bicyclic) bond motifs is 4. The van der Waals surface area contributed by atoms with Crippen molar-refractivity contribution >= 4 is 10.8 Å². The Bertz CT molecular complexity index is 2090. The van der Waals surface area contributed by atoms with Gasteiger partial charge in [0, 0.05) is 22.1 Å². The molecule has 204 valence electrons. The van der Waals surface area contributed by atoms with Crippen molar-refractivity contribution in [2.45, 2.75) is 19.3 Å². The van der Waals surface area contributed by atoms with Crippen LogP contribution < -0.4 is 0 Å². The fourth-order valence-electron chi connectivity index (χ4n) is 6.63. The first-order chi connectivity index (χ1) is 21.1. The lowest BCUT2D eigenvalue weighted by molar-refractivity contribution is 0.661. The lowest BCUT2D eigenvalue weighted by Crippen LogP contribution is -2.14. The molecular weight excluding hydrogens is 520 g/mol. The van der Waals surface area contributed by atoms with Crippen LogP contribution in [0.1, 0.15) is 25.0 Å². The fourth-order valence-corrected chi connectivity index (χ4v) is 6.63. The van der Waals surface area contributed by atoms with Gasteiger partial charge >= 0.3 is 0 Å². The van der Waals surface area contributed by atoms with Gasteiger partial charge < -0.3 is 0 Å². The van der Waals surface area contributed by atoms with Gasteiger partial charge in [-0.3, -0.25) is 0 Å². The summed E-state index contributed by atoms with van der Waals surface area (Å²) in [6.45, 7) is 4.70. The third kappa shape index (κ3) is 4.26. The van der Waals surface area contributed by atoms with Crippen LogP contribution in [-0.4, -0.2) is 9.97 Å². The molecule has 7 aromatic rings. The molecule has 0 spiro atoms. The van der Waals surface area contributed by atoms with Crippen molar-refractivity contribution in [2.75, 3.05) is 0 Å². The first kappa shape index (κ1) is 25.4. The molecular formula is C41H30N2. The Morgan fingerprint density at radius 2 is 0.977 bits per heavy atom. The van der Waals surface area contributed by atoms with E-state index in [-0.39, 0.29) is 5.41 Å². The molecule has 0 atom stereocenters. The van der Waals surface area contributed by atoms with Crippen LogP contribution in [0.3, 0.4) is 0 Å². The second kappa shape index (κ2) is 9.89. The average Bonchev–Trinajstić information content (AvgIpc) is 3.30. The van der Waals surface area contributed by atoms with Crippen LogP contribution in [0.5, 0.6) is 0 Å². The summed E-state index contributed by atoms with van der Waals surface area (Å²) in [4.78, 5) is 10.2. The fraction of sp³-hybridized carbons (Fsp3) is 0.0732. The van der Waals surface area contributed by atoms with Gasteiger partial charge in [-0.2, -0.15) is 0 Å². The molecule has 6 aromatic carbocycles. The van der Waals surface area contributed by atoms with E-state index in [1.165, 1.54) is 44.2 Å². The summed E-state index contributed by atoms with van der Waals surface area (Å²) in [6, 6.07) is 51.7. The zero-order valence-electron chi connectivity index (χ0n) is 24.3. The monoisotopic (exact) mass is 550 g/mol. The number of hydrogen-bond acceptors (Lipinski definition) is 2. The van der Waals surface area contributed by atoms with E-state index in [4.69, 9.17) is 9.97 Å². The maximum absolute atomic E-state index is 5.09. The molecule has 2 nitrogen and oxygen atoms in total. The number of aromatic nitrogens is 2. The summed E-state index contributed by atoms with van der Waals surface area (Å²) >= 11 is 0. The molecule has 0 bridgehead atoms. The highest BCUT2D eigenvalue weighted by Crippen LogP contribution is 2.53. The van der Waals surface area contributed by atoms with Crippen LogP contribution >= 0.6 is 0 Å². The van der Waals surface area contributed by atoms with Crippen LogP contribution in [0.15, 0.2) is 146 Å². The average molecular weight is 551 g/mol. The molecule has 0 saturated heterocycles. The summed E-state index contributed by atoms with van der Waals surface area (Å²) in [6.07, 6.45) is 0. The minimum Gasteiger partial charge on any atom is -0.228 e. The molecule has 0 saturated carbocycles. The van der Waals surface area contributed by atoms with Gasteiger partial charge in [0.25, 0.3) is 0 Å². The Labute approximate surface area is 252 Å². The lowest BCUT2D eigenvalue weighted by Gasteiger charge is -2.22. The van der Waals surface area contributed by atoms with Gasteiger partial charge in [-0.1, -0.05) is 135 Å². The SMILES string of the molecule is CC1(C)c2cc3ccccc3cc2-c2c(-c3cccc(-c4nc(-c5ccccc5)cc(-c5ccccc5)n4)c3)cccc21. The molecule has 1 aliphatic rings. The zero-order chi connectivity index (χ0) is 29.0. The summed E-state index contributed by atoms with van der Waals surface area (Å²) in [5.41, 5.74) is 12.7. The van der Waals surface area contributed by atoms with Gasteiger partial charge in [0.05, 0.1) is 11.4 Å². The van der Waals surface area contributed by atoms with Crippen molar-refractivity contribution in [3.8, 4) is 56.2 Å². The molecule has 2 heteroatoms. The Hall–Kier alpha value is -5.34. The third-order valence-electron chi connectivity index (χ3n) is 8.86. The van der Waals surface area contributed by atoms with Crippen molar-refractivity contribution in [2.24, 2.45) is 0 Å². The highest BCUT2D eigenvalue weighted by atomic mass is 14.9. The van der Waals surface area contributed by atoms with Crippen LogP contribution in [0, 0.1) is 0 Å². The molecule has 0 amide bonds. The van der Waals surface area contributed by atoms with E-state index in [2.05, 4.69) is 147 Å². The van der Waals surface area contributed by atoms with Gasteiger partial charge in [0.1, 0.15) is 0 Å². The minimum absolute atomic E-state index is 0.0833. The van der Waals surface area contributed by atoms with E-state index in [0.717, 1.165) is 33.9 Å². The Morgan fingerprint density at radius 3 is 1.65 bits per heavy atom. The zero-order valence-corrected chi connectivity index (χ0v) is 24.3. The van der Waals surface area contributed by atoms with Crippen LogP contribution in [0.4, 0.5) is 0 Å². The quantitative estimate of drug-likeness (QED) is 0.218. The van der Waals surface area contributed by atoms with Crippen molar-refractivity contribution in [3.63, 3.8) is 0 Å². The molecule has 43 heavy (non-hydrogen) atoms. The summed E-state index contributed by atoms with van der Waals surface area (Å²) in [7, 11) is 0. The van der Waals surface area contributed by atoms with Crippen LogP contribution in [0.25, 0.3) is 66.9 Å². The maximum atomic E-state index is 5.09. The van der Waals surface area contributed by atoms with Gasteiger partial charge in [-0.25, -0.2) is 9.97 Å². The van der Waals surface area contributed by atoms with Gasteiger partial charge in [-0.15, -0.1) is 0 Å². The first-order valence-electron chi connectivity index (χ1n) is 14.8. The Morgan fingerprint density at radius 1 is 0.419 bits per heavy atom. The van der Waals surface area contributed by atoms with Gasteiger partial charge in [0.15, 0.2) is 5.82 Å². The molecule has 0 N–H and O–H groups in total. The predicted octanol–water partition coefficient (Wildman–Crippen LogP) is 10.6. The molecule has 0 aliphatic heterocycles. The van der Waals surface area contributed by atoms with E-state index in [0.29, 0.717) is 0 Å². The van der Waals surface area contributed by atoms with E-state index in [1.54, 1.807) is 0 Å². The van der Waals surface area contributed by atoms with Crippen molar-refractivity contribution < 1.29 is 0 Å².